The third-order valence-electron chi connectivity index (χ3n) is 3.69. The molecule has 0 unspecified atom stereocenters. The number of rotatable bonds is 2. The van der Waals surface area contributed by atoms with Crippen molar-refractivity contribution in [3.05, 3.63) is 63.8 Å². The van der Waals surface area contributed by atoms with E-state index in [9.17, 15) is 14.3 Å². The summed E-state index contributed by atoms with van der Waals surface area (Å²) in [7, 11) is 0. The van der Waals surface area contributed by atoms with Crippen molar-refractivity contribution < 1.29 is 14.3 Å². The molecule has 2 aromatic carbocycles. The van der Waals surface area contributed by atoms with Crippen molar-refractivity contribution in [2.45, 2.75) is 13.8 Å². The Hall–Kier alpha value is -2.18. The Bertz CT molecular complexity index is 852. The number of halogens is 1. The predicted molar refractivity (Wildman–Crippen MR) is 99.6 cm³/mol. The summed E-state index contributed by atoms with van der Waals surface area (Å²) in [6, 6.07) is 9.27. The first-order valence-electron chi connectivity index (χ1n) is 7.20. The molecular weight excluding hydrogens is 345 g/mol. The molecule has 0 atom stereocenters. The number of phenols is 1. The van der Waals surface area contributed by atoms with Gasteiger partial charge >= 0.3 is 0 Å². The van der Waals surface area contributed by atoms with Gasteiger partial charge in [-0.2, -0.15) is 0 Å². The third kappa shape index (κ3) is 3.07. The lowest BCUT2D eigenvalue weighted by Gasteiger charge is -2.14. The first-order chi connectivity index (χ1) is 11.4. The smallest absolute Gasteiger partial charge is 0.270 e. The van der Waals surface area contributed by atoms with Gasteiger partial charge in [-0.25, -0.2) is 4.39 Å². The predicted octanol–water partition coefficient (Wildman–Crippen LogP) is 4.55. The molecule has 1 fully saturated rings. The Kier molecular flexibility index (Phi) is 4.43. The molecule has 0 aliphatic carbocycles. The Morgan fingerprint density at radius 3 is 2.33 bits per heavy atom. The highest BCUT2D eigenvalue weighted by Gasteiger charge is 2.33. The van der Waals surface area contributed by atoms with E-state index in [1.807, 2.05) is 26.0 Å². The minimum absolute atomic E-state index is 0.236. The fraction of sp³-hybridized carbons (Fsp3) is 0.111. The van der Waals surface area contributed by atoms with Gasteiger partial charge in [-0.1, -0.05) is 24.0 Å². The van der Waals surface area contributed by atoms with Gasteiger partial charge in [0.1, 0.15) is 11.6 Å². The molecule has 0 bridgehead atoms. The van der Waals surface area contributed by atoms with E-state index in [0.717, 1.165) is 16.7 Å². The average molecular weight is 359 g/mol. The van der Waals surface area contributed by atoms with Crippen LogP contribution in [0.4, 0.5) is 10.1 Å². The van der Waals surface area contributed by atoms with Crippen molar-refractivity contribution in [2.24, 2.45) is 0 Å². The summed E-state index contributed by atoms with van der Waals surface area (Å²) >= 11 is 6.50. The van der Waals surface area contributed by atoms with Gasteiger partial charge < -0.3 is 5.11 Å². The monoisotopic (exact) mass is 359 g/mol. The number of thiocarbonyl (C=S) groups is 1. The van der Waals surface area contributed by atoms with Crippen molar-refractivity contribution in [1.82, 2.24) is 0 Å². The maximum Gasteiger partial charge on any atom is 0.270 e. The normalized spacial score (nSPS) is 16.3. The molecule has 24 heavy (non-hydrogen) atoms. The lowest BCUT2D eigenvalue weighted by Crippen LogP contribution is -2.27. The Morgan fingerprint density at radius 1 is 1.17 bits per heavy atom. The molecule has 0 radical (unpaired) electrons. The summed E-state index contributed by atoms with van der Waals surface area (Å²) in [5.41, 5.74) is 2.85. The molecule has 1 heterocycles. The summed E-state index contributed by atoms with van der Waals surface area (Å²) in [4.78, 5) is 14.5. The minimum Gasteiger partial charge on any atom is -0.507 e. The van der Waals surface area contributed by atoms with Crippen molar-refractivity contribution in [3.8, 4) is 5.75 Å². The molecule has 1 saturated heterocycles. The lowest BCUT2D eigenvalue weighted by molar-refractivity contribution is -0.113. The zero-order valence-corrected chi connectivity index (χ0v) is 14.7. The van der Waals surface area contributed by atoms with Crippen LogP contribution < -0.4 is 4.90 Å². The van der Waals surface area contributed by atoms with E-state index in [4.69, 9.17) is 12.2 Å². The molecule has 0 saturated carbocycles. The number of aromatic hydroxyl groups is 1. The molecule has 1 amide bonds. The van der Waals surface area contributed by atoms with Crippen molar-refractivity contribution in [1.29, 1.82) is 0 Å². The van der Waals surface area contributed by atoms with E-state index in [-0.39, 0.29) is 17.5 Å². The van der Waals surface area contributed by atoms with Gasteiger partial charge in [-0.3, -0.25) is 9.69 Å². The molecule has 1 aliphatic heterocycles. The number of aryl methyl sites for hydroxylation is 2. The van der Waals surface area contributed by atoms with Crippen LogP contribution in [0.15, 0.2) is 41.3 Å². The molecule has 3 rings (SSSR count). The summed E-state index contributed by atoms with van der Waals surface area (Å²) < 4.78 is 13.5. The second-order valence-corrected chi connectivity index (χ2v) is 7.17. The number of hydrogen-bond acceptors (Lipinski definition) is 4. The number of thioether (sulfide) groups is 1. The highest BCUT2D eigenvalue weighted by molar-refractivity contribution is 8.27. The maximum atomic E-state index is 13.1. The van der Waals surface area contributed by atoms with Crippen molar-refractivity contribution >= 4 is 46.0 Å². The molecule has 0 spiro atoms. The number of phenolic OH excluding ortho intramolecular Hbond substituents is 1. The molecule has 1 N–H and O–H groups in total. The fourth-order valence-electron chi connectivity index (χ4n) is 2.50. The van der Waals surface area contributed by atoms with Crippen LogP contribution in [-0.4, -0.2) is 15.3 Å². The lowest BCUT2D eigenvalue weighted by atomic mass is 10.1. The van der Waals surface area contributed by atoms with Gasteiger partial charge in [0.25, 0.3) is 5.91 Å². The molecule has 3 nitrogen and oxygen atoms in total. The minimum atomic E-state index is -0.366. The number of carbonyl (C=O) groups is 1. The zero-order chi connectivity index (χ0) is 17.4. The van der Waals surface area contributed by atoms with Crippen LogP contribution in [-0.2, 0) is 4.79 Å². The zero-order valence-electron chi connectivity index (χ0n) is 13.0. The maximum absolute atomic E-state index is 13.1. The number of amides is 1. The van der Waals surface area contributed by atoms with Crippen LogP contribution >= 0.6 is 24.0 Å². The van der Waals surface area contributed by atoms with Crippen LogP contribution in [0.1, 0.15) is 16.7 Å². The highest BCUT2D eigenvalue weighted by Crippen LogP contribution is 2.36. The van der Waals surface area contributed by atoms with E-state index in [1.54, 1.807) is 6.08 Å². The second-order valence-electron chi connectivity index (χ2n) is 5.50. The fourth-order valence-corrected chi connectivity index (χ4v) is 3.80. The first kappa shape index (κ1) is 16.7. The quantitative estimate of drug-likeness (QED) is 0.631. The van der Waals surface area contributed by atoms with Gasteiger partial charge in [0, 0.05) is 0 Å². The summed E-state index contributed by atoms with van der Waals surface area (Å²) in [6.07, 6.45) is 1.75. The number of benzene rings is 2. The molecule has 122 valence electrons. The molecule has 0 aromatic heterocycles. The summed E-state index contributed by atoms with van der Waals surface area (Å²) in [6.45, 7) is 3.62. The van der Waals surface area contributed by atoms with E-state index in [1.165, 1.54) is 40.9 Å². The van der Waals surface area contributed by atoms with E-state index in [2.05, 4.69) is 0 Å². The van der Waals surface area contributed by atoms with Crippen LogP contribution in [0.3, 0.4) is 0 Å². The van der Waals surface area contributed by atoms with Crippen LogP contribution in [0.5, 0.6) is 5.75 Å². The van der Waals surface area contributed by atoms with E-state index < -0.39 is 0 Å². The standard InChI is InChI=1S/C18H14FNO2S2/c1-10-7-12(8-11(2)16(10)21)9-15-17(22)20(18(23)24-15)14-5-3-13(19)4-6-14/h3-9,21H,1-2H3/b15-9-. The first-order valence-corrected chi connectivity index (χ1v) is 8.43. The van der Waals surface area contributed by atoms with E-state index in [0.29, 0.717) is 14.9 Å². The van der Waals surface area contributed by atoms with Crippen molar-refractivity contribution in [3.63, 3.8) is 0 Å². The van der Waals surface area contributed by atoms with Crippen LogP contribution in [0, 0.1) is 19.7 Å². The topological polar surface area (TPSA) is 40.5 Å². The van der Waals surface area contributed by atoms with Gasteiger partial charge in [-0.15, -0.1) is 0 Å². The summed E-state index contributed by atoms with van der Waals surface area (Å²) in [5, 5.41) is 9.85. The SMILES string of the molecule is Cc1cc(/C=C2\SC(=S)N(c3ccc(F)cc3)C2=O)cc(C)c1O. The second kappa shape index (κ2) is 6.37. The van der Waals surface area contributed by atoms with Crippen LogP contribution in [0.2, 0.25) is 0 Å². The highest BCUT2D eigenvalue weighted by atomic mass is 32.2. The average Bonchev–Trinajstić information content (AvgIpc) is 2.80. The van der Waals surface area contributed by atoms with Gasteiger partial charge in [0.2, 0.25) is 0 Å². The molecule has 1 aliphatic rings. The Labute approximate surface area is 148 Å². The summed E-state index contributed by atoms with van der Waals surface area (Å²) in [5.74, 6) is -0.347. The Balaban J connectivity index is 1.95. The number of nitrogens with zero attached hydrogens (tertiary/aromatic N) is 1. The number of anilines is 1. The number of carbonyl (C=O) groups excluding carboxylic acids is 1. The molecule has 2 aromatic rings. The van der Waals surface area contributed by atoms with Crippen molar-refractivity contribution in [2.75, 3.05) is 4.90 Å². The van der Waals surface area contributed by atoms with Gasteiger partial charge in [0.15, 0.2) is 4.32 Å². The van der Waals surface area contributed by atoms with Gasteiger partial charge in [-0.05, 0) is 73.0 Å². The van der Waals surface area contributed by atoms with E-state index >= 15 is 0 Å². The van der Waals surface area contributed by atoms with Gasteiger partial charge in [0.05, 0.1) is 10.6 Å². The molecule has 6 heteroatoms. The number of hydrogen-bond donors (Lipinski definition) is 1. The molecular formula is C18H14FNO2S2. The Morgan fingerprint density at radius 2 is 1.75 bits per heavy atom. The van der Waals surface area contributed by atoms with Crippen LogP contribution in [0.25, 0.3) is 6.08 Å². The third-order valence-corrected chi connectivity index (χ3v) is 4.99. The largest absolute Gasteiger partial charge is 0.507 e.